The van der Waals surface area contributed by atoms with E-state index in [0.717, 1.165) is 5.56 Å². The zero-order valence-corrected chi connectivity index (χ0v) is 16.3. The van der Waals surface area contributed by atoms with Crippen molar-refractivity contribution >= 4 is 27.1 Å². The molecule has 2 fully saturated rings. The molecule has 0 N–H and O–H groups in total. The van der Waals surface area contributed by atoms with Crippen LogP contribution in [0.3, 0.4) is 0 Å². The van der Waals surface area contributed by atoms with Crippen LogP contribution in [-0.2, 0) is 9.84 Å². The van der Waals surface area contributed by atoms with Crippen LogP contribution in [0.15, 0.2) is 45.7 Å². The Balaban J connectivity index is 1.43. The van der Waals surface area contributed by atoms with E-state index in [4.69, 9.17) is 4.52 Å². The van der Waals surface area contributed by atoms with Crippen LogP contribution in [-0.4, -0.2) is 57.9 Å². The van der Waals surface area contributed by atoms with Crippen molar-refractivity contribution in [3.63, 3.8) is 0 Å². The summed E-state index contributed by atoms with van der Waals surface area (Å²) in [7, 11) is -3.38. The van der Waals surface area contributed by atoms with Crippen molar-refractivity contribution < 1.29 is 17.7 Å². The largest absolute Gasteiger partial charge is 0.339 e. The number of likely N-dealkylation sites (tertiary alicyclic amines) is 1. The molecule has 2 aliphatic rings. The minimum Gasteiger partial charge on any atom is -0.339 e. The van der Waals surface area contributed by atoms with Gasteiger partial charge in [-0.3, -0.25) is 4.79 Å². The van der Waals surface area contributed by atoms with E-state index in [-0.39, 0.29) is 24.7 Å². The van der Waals surface area contributed by atoms with E-state index in [1.54, 1.807) is 10.9 Å². The number of hydrogen-bond donors (Lipinski definition) is 0. The Kier molecular flexibility index (Phi) is 3.88. The Bertz CT molecular complexity index is 1120. The average molecular weight is 416 g/mol. The fraction of sp³-hybridized carbons (Fsp3) is 0.333. The molecule has 1 unspecified atom stereocenters. The smallest absolute Gasteiger partial charge is 0.273 e. The van der Waals surface area contributed by atoms with E-state index >= 15 is 0 Å². The van der Waals surface area contributed by atoms with Gasteiger partial charge in [0.2, 0.25) is 11.7 Å². The van der Waals surface area contributed by atoms with Crippen LogP contribution in [0.25, 0.3) is 11.4 Å². The molecule has 0 saturated carbocycles. The first-order valence-corrected chi connectivity index (χ1v) is 11.4. The van der Waals surface area contributed by atoms with E-state index in [9.17, 15) is 13.2 Å². The lowest BCUT2D eigenvalue weighted by Crippen LogP contribution is -2.67. The van der Waals surface area contributed by atoms with Crippen LogP contribution in [0.1, 0.15) is 28.7 Å². The number of rotatable bonds is 3. The summed E-state index contributed by atoms with van der Waals surface area (Å²) in [5.41, 5.74) is 2.74. The lowest BCUT2D eigenvalue weighted by molar-refractivity contribution is 0.0499. The maximum atomic E-state index is 12.8. The quantitative estimate of drug-likeness (QED) is 0.643. The van der Waals surface area contributed by atoms with Gasteiger partial charge < -0.3 is 9.42 Å². The number of sulfone groups is 1. The SMILES string of the molecule is O=C(c1cscn1)N1CC2(C1)C(c1nc(-c3ccccc3)no1)CCS2(=O)=O. The van der Waals surface area contributed by atoms with E-state index in [1.807, 2.05) is 30.3 Å². The highest BCUT2D eigenvalue weighted by Gasteiger charge is 2.64. The van der Waals surface area contributed by atoms with Gasteiger partial charge in [-0.2, -0.15) is 4.98 Å². The standard InChI is InChI=1S/C18H16N4O4S2/c23-17(14-8-27-11-19-14)22-9-18(10-22)13(6-7-28(18,24)25)16-20-15(21-26-16)12-4-2-1-3-5-12/h1-5,8,11,13H,6-7,9-10H2. The predicted molar refractivity (Wildman–Crippen MR) is 102 cm³/mol. The first-order valence-electron chi connectivity index (χ1n) is 8.79. The molecule has 1 amide bonds. The molecule has 0 aliphatic carbocycles. The van der Waals surface area contributed by atoms with Crippen molar-refractivity contribution in [1.82, 2.24) is 20.0 Å². The molecule has 1 aromatic carbocycles. The molecule has 1 spiro atoms. The monoisotopic (exact) mass is 416 g/mol. The summed E-state index contributed by atoms with van der Waals surface area (Å²) in [6, 6.07) is 9.38. The second-order valence-corrected chi connectivity index (χ2v) is 10.3. The Hall–Kier alpha value is -2.59. The molecule has 3 aromatic rings. The zero-order chi connectivity index (χ0) is 19.4. The molecule has 0 radical (unpaired) electrons. The number of benzene rings is 1. The van der Waals surface area contributed by atoms with Crippen LogP contribution in [0.4, 0.5) is 0 Å². The van der Waals surface area contributed by atoms with Gasteiger partial charge in [-0.1, -0.05) is 35.5 Å². The van der Waals surface area contributed by atoms with Crippen molar-refractivity contribution in [3.8, 4) is 11.4 Å². The Labute approximate surface area is 165 Å². The third-order valence-electron chi connectivity index (χ3n) is 5.56. The highest BCUT2D eigenvalue weighted by atomic mass is 32.2. The molecule has 10 heteroatoms. The highest BCUT2D eigenvalue weighted by molar-refractivity contribution is 7.93. The van der Waals surface area contributed by atoms with E-state index in [2.05, 4.69) is 15.1 Å². The predicted octanol–water partition coefficient (Wildman–Crippen LogP) is 1.99. The molecule has 2 saturated heterocycles. The molecular formula is C18H16N4O4S2. The summed E-state index contributed by atoms with van der Waals surface area (Å²) in [4.78, 5) is 22.5. The van der Waals surface area contributed by atoms with Gasteiger partial charge in [0.15, 0.2) is 9.84 Å². The normalized spacial score (nSPS) is 22.3. The summed E-state index contributed by atoms with van der Waals surface area (Å²) >= 11 is 1.33. The fourth-order valence-corrected chi connectivity index (χ4v) is 6.86. The van der Waals surface area contributed by atoms with Crippen LogP contribution in [0.2, 0.25) is 0 Å². The number of hydrogen-bond acceptors (Lipinski definition) is 8. The van der Waals surface area contributed by atoms with Gasteiger partial charge >= 0.3 is 0 Å². The molecule has 0 bridgehead atoms. The van der Waals surface area contributed by atoms with E-state index in [0.29, 0.717) is 23.8 Å². The average Bonchev–Trinajstić information content (AvgIpc) is 3.39. The molecular weight excluding hydrogens is 400 g/mol. The molecule has 1 atom stereocenters. The Morgan fingerprint density at radius 2 is 2.04 bits per heavy atom. The molecule has 2 aliphatic heterocycles. The number of aromatic nitrogens is 3. The van der Waals surface area contributed by atoms with Crippen molar-refractivity contribution in [2.24, 2.45) is 0 Å². The Morgan fingerprint density at radius 1 is 1.25 bits per heavy atom. The van der Waals surface area contributed by atoms with Crippen LogP contribution in [0.5, 0.6) is 0 Å². The van der Waals surface area contributed by atoms with Gasteiger partial charge in [0.25, 0.3) is 5.91 Å². The summed E-state index contributed by atoms with van der Waals surface area (Å²) in [6.07, 6.45) is 0.414. The van der Waals surface area contributed by atoms with Crippen molar-refractivity contribution in [2.75, 3.05) is 18.8 Å². The number of nitrogens with zero attached hydrogens (tertiary/aromatic N) is 4. The summed E-state index contributed by atoms with van der Waals surface area (Å²) in [6.45, 7) is 0.249. The van der Waals surface area contributed by atoms with Crippen molar-refractivity contribution in [3.05, 3.63) is 52.8 Å². The third-order valence-corrected chi connectivity index (χ3v) is 8.70. The van der Waals surface area contributed by atoms with Gasteiger partial charge in [-0.15, -0.1) is 11.3 Å². The van der Waals surface area contributed by atoms with Gasteiger partial charge in [0.1, 0.15) is 10.4 Å². The maximum absolute atomic E-state index is 12.8. The highest BCUT2D eigenvalue weighted by Crippen LogP contribution is 2.49. The lowest BCUT2D eigenvalue weighted by Gasteiger charge is -2.48. The first-order chi connectivity index (χ1) is 13.5. The second-order valence-electron chi connectivity index (χ2n) is 7.08. The molecule has 144 valence electrons. The third kappa shape index (κ3) is 2.51. The summed E-state index contributed by atoms with van der Waals surface area (Å²) in [5, 5.41) is 5.69. The van der Waals surface area contributed by atoms with Crippen LogP contribution < -0.4 is 0 Å². The van der Waals surface area contributed by atoms with E-state index < -0.39 is 20.5 Å². The summed E-state index contributed by atoms with van der Waals surface area (Å²) < 4.78 is 30.1. The molecule has 5 rings (SSSR count). The van der Waals surface area contributed by atoms with Gasteiger partial charge in [-0.05, 0) is 6.42 Å². The first kappa shape index (κ1) is 17.5. The van der Waals surface area contributed by atoms with Crippen molar-refractivity contribution in [1.29, 1.82) is 0 Å². The zero-order valence-electron chi connectivity index (χ0n) is 14.7. The minimum atomic E-state index is -3.38. The molecule has 8 nitrogen and oxygen atoms in total. The maximum Gasteiger partial charge on any atom is 0.273 e. The van der Waals surface area contributed by atoms with Gasteiger partial charge in [-0.25, -0.2) is 13.4 Å². The minimum absolute atomic E-state index is 0.0550. The topological polar surface area (TPSA) is 106 Å². The molecule has 4 heterocycles. The van der Waals surface area contributed by atoms with Gasteiger partial charge in [0.05, 0.1) is 17.2 Å². The molecule has 2 aromatic heterocycles. The van der Waals surface area contributed by atoms with Gasteiger partial charge in [0, 0.05) is 24.0 Å². The van der Waals surface area contributed by atoms with Crippen molar-refractivity contribution in [2.45, 2.75) is 17.1 Å². The van der Waals surface area contributed by atoms with E-state index in [1.165, 1.54) is 16.2 Å². The molecule has 28 heavy (non-hydrogen) atoms. The lowest BCUT2D eigenvalue weighted by atomic mass is 9.83. The number of carbonyl (C=O) groups excluding carboxylic acids is 1. The number of thiazole rings is 1. The fourth-order valence-electron chi connectivity index (χ4n) is 4.03. The van der Waals surface area contributed by atoms with Crippen LogP contribution in [0, 0.1) is 0 Å². The Morgan fingerprint density at radius 3 is 2.75 bits per heavy atom. The second kappa shape index (κ2) is 6.21. The number of amides is 1. The number of carbonyl (C=O) groups is 1. The summed E-state index contributed by atoms with van der Waals surface area (Å²) in [5.74, 6) is 0.148. The van der Waals surface area contributed by atoms with Crippen LogP contribution >= 0.6 is 11.3 Å².